The Hall–Kier alpha value is -0.660. The molecular formula is C6H11NO5S. The molecule has 0 aromatic rings. The van der Waals surface area contributed by atoms with Crippen LogP contribution < -0.4 is 5.32 Å². The van der Waals surface area contributed by atoms with Crippen LogP contribution in [0.1, 0.15) is 0 Å². The van der Waals surface area contributed by atoms with Crippen LogP contribution in [0.15, 0.2) is 0 Å². The van der Waals surface area contributed by atoms with Gasteiger partial charge in [0, 0.05) is 6.04 Å². The molecule has 2 atom stereocenters. The summed E-state index contributed by atoms with van der Waals surface area (Å²) in [4.78, 5) is 10.1. The number of rotatable bonds is 3. The second-order valence-electron chi connectivity index (χ2n) is 3.03. The van der Waals surface area contributed by atoms with Gasteiger partial charge >= 0.3 is 5.97 Å². The molecule has 0 aliphatic carbocycles. The lowest BCUT2D eigenvalue weighted by Gasteiger charge is -2.12. The average molecular weight is 209 g/mol. The van der Waals surface area contributed by atoms with Gasteiger partial charge in [-0.25, -0.2) is 8.42 Å². The van der Waals surface area contributed by atoms with Gasteiger partial charge in [0.05, 0.1) is 24.2 Å². The van der Waals surface area contributed by atoms with Crippen LogP contribution in [0.2, 0.25) is 0 Å². The zero-order valence-corrected chi connectivity index (χ0v) is 7.62. The predicted molar refractivity (Wildman–Crippen MR) is 44.1 cm³/mol. The Balaban J connectivity index is 2.49. The molecule has 1 aliphatic rings. The third-order valence-corrected chi connectivity index (χ3v) is 3.55. The summed E-state index contributed by atoms with van der Waals surface area (Å²) in [5.74, 6) is -1.55. The Labute approximate surface area is 75.5 Å². The number of hydrogen-bond donors (Lipinski definition) is 3. The molecule has 0 spiro atoms. The normalized spacial score (nSPS) is 31.8. The Morgan fingerprint density at radius 3 is 2.46 bits per heavy atom. The zero-order chi connectivity index (χ0) is 10.1. The van der Waals surface area contributed by atoms with Gasteiger partial charge in [0.25, 0.3) is 0 Å². The van der Waals surface area contributed by atoms with E-state index in [2.05, 4.69) is 5.32 Å². The maximum Gasteiger partial charge on any atom is 0.317 e. The average Bonchev–Trinajstić information content (AvgIpc) is 2.20. The molecule has 7 heteroatoms. The molecule has 1 fully saturated rings. The lowest BCUT2D eigenvalue weighted by atomic mass is 10.2. The highest BCUT2D eigenvalue weighted by atomic mass is 32.2. The number of aliphatic hydroxyl groups excluding tert-OH is 1. The van der Waals surface area contributed by atoms with Gasteiger partial charge in [0.2, 0.25) is 0 Å². The molecule has 3 N–H and O–H groups in total. The summed E-state index contributed by atoms with van der Waals surface area (Å²) in [7, 11) is -3.20. The first-order chi connectivity index (χ1) is 5.91. The summed E-state index contributed by atoms with van der Waals surface area (Å²) in [5.41, 5.74) is 0. The summed E-state index contributed by atoms with van der Waals surface area (Å²) < 4.78 is 21.9. The smallest absolute Gasteiger partial charge is 0.317 e. The van der Waals surface area contributed by atoms with E-state index >= 15 is 0 Å². The minimum Gasteiger partial charge on any atom is -0.480 e. The van der Waals surface area contributed by atoms with Crippen molar-refractivity contribution in [2.75, 3.05) is 18.1 Å². The van der Waals surface area contributed by atoms with E-state index in [0.717, 1.165) is 0 Å². The minimum atomic E-state index is -3.20. The number of carboxylic acid groups (broad SMARTS) is 1. The van der Waals surface area contributed by atoms with Crippen LogP contribution in [-0.4, -0.2) is 54.8 Å². The maximum atomic E-state index is 10.9. The summed E-state index contributed by atoms with van der Waals surface area (Å²) >= 11 is 0. The quantitative estimate of drug-likeness (QED) is 0.488. The van der Waals surface area contributed by atoms with Gasteiger partial charge in [-0.1, -0.05) is 0 Å². The SMILES string of the molecule is O=C(O)CNC1CS(=O)(=O)CC1O. The molecule has 0 radical (unpaired) electrons. The van der Waals surface area contributed by atoms with Crippen molar-refractivity contribution >= 4 is 15.8 Å². The monoisotopic (exact) mass is 209 g/mol. The van der Waals surface area contributed by atoms with E-state index in [-0.39, 0.29) is 18.1 Å². The van der Waals surface area contributed by atoms with Crippen LogP contribution in [0, 0.1) is 0 Å². The Morgan fingerprint density at radius 1 is 1.46 bits per heavy atom. The van der Waals surface area contributed by atoms with Crippen LogP contribution in [0.5, 0.6) is 0 Å². The van der Waals surface area contributed by atoms with Crippen molar-refractivity contribution in [3.63, 3.8) is 0 Å². The Kier molecular flexibility index (Phi) is 2.89. The zero-order valence-electron chi connectivity index (χ0n) is 6.80. The first kappa shape index (κ1) is 10.4. The number of aliphatic carboxylic acids is 1. The van der Waals surface area contributed by atoms with Crippen LogP contribution in [0.3, 0.4) is 0 Å². The summed E-state index contributed by atoms with van der Waals surface area (Å²) in [6, 6.07) is -0.652. The van der Waals surface area contributed by atoms with Gasteiger partial charge in [-0.3, -0.25) is 4.79 Å². The van der Waals surface area contributed by atoms with Gasteiger partial charge in [-0.15, -0.1) is 0 Å². The molecule has 0 amide bonds. The van der Waals surface area contributed by atoms with Crippen molar-refractivity contribution in [3.8, 4) is 0 Å². The molecule has 1 heterocycles. The highest BCUT2D eigenvalue weighted by Gasteiger charge is 2.36. The molecule has 13 heavy (non-hydrogen) atoms. The third-order valence-electron chi connectivity index (χ3n) is 1.84. The molecule has 6 nitrogen and oxygen atoms in total. The fourth-order valence-corrected chi connectivity index (χ4v) is 3.02. The Morgan fingerprint density at radius 2 is 2.08 bits per heavy atom. The van der Waals surface area contributed by atoms with Gasteiger partial charge in [-0.2, -0.15) is 0 Å². The number of hydrogen-bond acceptors (Lipinski definition) is 5. The van der Waals surface area contributed by atoms with Crippen molar-refractivity contribution < 1.29 is 23.4 Å². The summed E-state index contributed by atoms with van der Waals surface area (Å²) in [5, 5.41) is 20.0. The topological polar surface area (TPSA) is 104 Å². The van der Waals surface area contributed by atoms with E-state index < -0.39 is 28.0 Å². The lowest BCUT2D eigenvalue weighted by molar-refractivity contribution is -0.136. The minimum absolute atomic E-state index is 0.193. The van der Waals surface area contributed by atoms with Crippen molar-refractivity contribution in [2.45, 2.75) is 12.1 Å². The standard InChI is InChI=1S/C6H11NO5S/c8-5-3-13(11,12)2-4(5)7-1-6(9)10/h4-5,7-8H,1-3H2,(H,9,10). The third kappa shape index (κ3) is 2.94. The molecule has 0 aromatic heterocycles. The maximum absolute atomic E-state index is 10.9. The van der Waals surface area contributed by atoms with E-state index in [9.17, 15) is 18.3 Å². The van der Waals surface area contributed by atoms with Gasteiger partial charge < -0.3 is 15.5 Å². The highest BCUT2D eigenvalue weighted by Crippen LogP contribution is 2.11. The molecule has 0 aromatic carbocycles. The molecule has 0 saturated carbocycles. The van der Waals surface area contributed by atoms with Crippen LogP contribution in [-0.2, 0) is 14.6 Å². The van der Waals surface area contributed by atoms with E-state index in [1.165, 1.54) is 0 Å². The fraction of sp³-hybridized carbons (Fsp3) is 0.833. The molecule has 1 aliphatic heterocycles. The molecule has 1 saturated heterocycles. The predicted octanol–water partition coefficient (Wildman–Crippen LogP) is -2.18. The van der Waals surface area contributed by atoms with E-state index in [1.54, 1.807) is 0 Å². The largest absolute Gasteiger partial charge is 0.480 e. The van der Waals surface area contributed by atoms with Crippen molar-refractivity contribution in [1.29, 1.82) is 0 Å². The number of aliphatic hydroxyl groups is 1. The van der Waals surface area contributed by atoms with E-state index in [0.29, 0.717) is 0 Å². The fourth-order valence-electron chi connectivity index (χ4n) is 1.24. The van der Waals surface area contributed by atoms with Crippen molar-refractivity contribution in [3.05, 3.63) is 0 Å². The first-order valence-electron chi connectivity index (χ1n) is 3.74. The highest BCUT2D eigenvalue weighted by molar-refractivity contribution is 7.91. The molecule has 2 unspecified atom stereocenters. The second kappa shape index (κ2) is 3.60. The van der Waals surface area contributed by atoms with E-state index in [1.807, 2.05) is 0 Å². The second-order valence-corrected chi connectivity index (χ2v) is 5.18. The molecule has 76 valence electrons. The molecular weight excluding hydrogens is 198 g/mol. The lowest BCUT2D eigenvalue weighted by Crippen LogP contribution is -2.41. The van der Waals surface area contributed by atoms with Crippen LogP contribution in [0.4, 0.5) is 0 Å². The van der Waals surface area contributed by atoms with Crippen LogP contribution >= 0.6 is 0 Å². The number of carboxylic acids is 1. The first-order valence-corrected chi connectivity index (χ1v) is 5.56. The summed E-state index contributed by atoms with van der Waals surface area (Å²) in [6.45, 7) is -0.336. The number of carbonyl (C=O) groups is 1. The van der Waals surface area contributed by atoms with Crippen LogP contribution in [0.25, 0.3) is 0 Å². The van der Waals surface area contributed by atoms with E-state index in [4.69, 9.17) is 5.11 Å². The van der Waals surface area contributed by atoms with Gasteiger partial charge in [0.15, 0.2) is 9.84 Å². The van der Waals surface area contributed by atoms with Gasteiger partial charge in [-0.05, 0) is 0 Å². The summed E-state index contributed by atoms with van der Waals surface area (Å²) in [6.07, 6.45) is -0.996. The molecule has 0 bridgehead atoms. The van der Waals surface area contributed by atoms with Crippen molar-refractivity contribution in [1.82, 2.24) is 5.32 Å². The number of nitrogens with one attached hydrogen (secondary N) is 1. The number of sulfone groups is 1. The van der Waals surface area contributed by atoms with Crippen molar-refractivity contribution in [2.24, 2.45) is 0 Å². The molecule has 1 rings (SSSR count). The van der Waals surface area contributed by atoms with Gasteiger partial charge in [0.1, 0.15) is 0 Å². The Bertz CT molecular complexity index is 298.